The predicted octanol–water partition coefficient (Wildman–Crippen LogP) is 0.493. The van der Waals surface area contributed by atoms with Gasteiger partial charge in [-0.05, 0) is 26.0 Å². The van der Waals surface area contributed by atoms with Crippen LogP contribution in [0.25, 0.3) is 0 Å². The van der Waals surface area contributed by atoms with E-state index in [0.717, 1.165) is 0 Å². The molecule has 7 nitrogen and oxygen atoms in total. The maximum atomic E-state index is 11.9. The maximum Gasteiger partial charge on any atom is 0.342 e. The molecule has 120 valence electrons. The van der Waals surface area contributed by atoms with E-state index in [1.165, 1.54) is 13.2 Å². The third kappa shape index (κ3) is 5.08. The molecule has 0 saturated heterocycles. The smallest absolute Gasteiger partial charge is 0.342 e. The first-order chi connectivity index (χ1) is 10.5. The largest absolute Gasteiger partial charge is 0.496 e. The standard InChI is InChI=1S/C15H20N2O5/c1-4-16-14(19)10(2)17-13(18)9-22-15(20)11-7-5-6-8-12(11)21-3/h5-8,10H,4,9H2,1-3H3,(H,16,19)(H,17,18)/t10-/m1/s1. The number of hydrogen-bond acceptors (Lipinski definition) is 5. The van der Waals surface area contributed by atoms with Crippen LogP contribution in [-0.2, 0) is 14.3 Å². The number of amides is 2. The Balaban J connectivity index is 2.50. The van der Waals surface area contributed by atoms with Crippen LogP contribution in [0.3, 0.4) is 0 Å². The fraction of sp³-hybridized carbons (Fsp3) is 0.400. The van der Waals surface area contributed by atoms with Crippen molar-refractivity contribution in [3.63, 3.8) is 0 Å². The van der Waals surface area contributed by atoms with Crippen molar-refractivity contribution in [2.75, 3.05) is 20.3 Å². The molecule has 2 amide bonds. The van der Waals surface area contributed by atoms with Gasteiger partial charge in [0.2, 0.25) is 5.91 Å². The highest BCUT2D eigenvalue weighted by Gasteiger charge is 2.17. The molecule has 0 saturated carbocycles. The highest BCUT2D eigenvalue weighted by atomic mass is 16.5. The minimum atomic E-state index is -0.697. The lowest BCUT2D eigenvalue weighted by Gasteiger charge is -2.13. The van der Waals surface area contributed by atoms with Gasteiger partial charge in [0.25, 0.3) is 5.91 Å². The fourth-order valence-electron chi connectivity index (χ4n) is 1.70. The van der Waals surface area contributed by atoms with Gasteiger partial charge in [-0.25, -0.2) is 4.79 Å². The highest BCUT2D eigenvalue weighted by molar-refractivity contribution is 5.94. The van der Waals surface area contributed by atoms with Crippen LogP contribution >= 0.6 is 0 Å². The average Bonchev–Trinajstić information content (AvgIpc) is 2.52. The van der Waals surface area contributed by atoms with Gasteiger partial charge in [-0.15, -0.1) is 0 Å². The zero-order chi connectivity index (χ0) is 16.5. The number of methoxy groups -OCH3 is 1. The molecule has 0 aliphatic heterocycles. The van der Waals surface area contributed by atoms with Crippen molar-refractivity contribution in [1.29, 1.82) is 0 Å². The van der Waals surface area contributed by atoms with Crippen LogP contribution in [0.5, 0.6) is 5.75 Å². The first-order valence-electron chi connectivity index (χ1n) is 6.86. The molecule has 0 spiro atoms. The van der Waals surface area contributed by atoms with Gasteiger partial charge in [-0.2, -0.15) is 0 Å². The van der Waals surface area contributed by atoms with Crippen LogP contribution in [0.15, 0.2) is 24.3 Å². The molecule has 0 heterocycles. The van der Waals surface area contributed by atoms with Crippen LogP contribution in [0.4, 0.5) is 0 Å². The summed E-state index contributed by atoms with van der Waals surface area (Å²) in [5, 5.41) is 5.02. The number of rotatable bonds is 7. The Morgan fingerprint density at radius 1 is 1.23 bits per heavy atom. The Kier molecular flexibility index (Phi) is 6.88. The number of likely N-dealkylation sites (N-methyl/N-ethyl adjacent to an activating group) is 1. The van der Waals surface area contributed by atoms with E-state index in [-0.39, 0.29) is 11.5 Å². The van der Waals surface area contributed by atoms with Gasteiger partial charge in [0, 0.05) is 6.54 Å². The van der Waals surface area contributed by atoms with E-state index in [2.05, 4.69) is 10.6 Å². The Labute approximate surface area is 129 Å². The highest BCUT2D eigenvalue weighted by Crippen LogP contribution is 2.17. The Hall–Kier alpha value is -2.57. The average molecular weight is 308 g/mol. The van der Waals surface area contributed by atoms with Crippen molar-refractivity contribution in [2.45, 2.75) is 19.9 Å². The summed E-state index contributed by atoms with van der Waals surface area (Å²) in [7, 11) is 1.44. The van der Waals surface area contributed by atoms with Gasteiger partial charge in [0.15, 0.2) is 6.61 Å². The minimum Gasteiger partial charge on any atom is -0.496 e. The predicted molar refractivity (Wildman–Crippen MR) is 79.6 cm³/mol. The summed E-state index contributed by atoms with van der Waals surface area (Å²) >= 11 is 0. The van der Waals surface area contributed by atoms with Gasteiger partial charge in [-0.1, -0.05) is 12.1 Å². The van der Waals surface area contributed by atoms with Crippen molar-refractivity contribution in [3.8, 4) is 5.75 Å². The van der Waals surface area contributed by atoms with Crippen molar-refractivity contribution in [2.24, 2.45) is 0 Å². The van der Waals surface area contributed by atoms with E-state index in [1.54, 1.807) is 32.0 Å². The third-order valence-corrected chi connectivity index (χ3v) is 2.78. The topological polar surface area (TPSA) is 93.7 Å². The molecule has 1 atom stereocenters. The number of para-hydroxylation sites is 1. The van der Waals surface area contributed by atoms with Gasteiger partial charge in [0.05, 0.1) is 7.11 Å². The van der Waals surface area contributed by atoms with Crippen molar-refractivity contribution in [1.82, 2.24) is 10.6 Å². The van der Waals surface area contributed by atoms with E-state index in [9.17, 15) is 14.4 Å². The molecule has 0 aromatic heterocycles. The van der Waals surface area contributed by atoms with E-state index >= 15 is 0 Å². The molecule has 1 rings (SSSR count). The van der Waals surface area contributed by atoms with E-state index < -0.39 is 24.5 Å². The molecule has 0 aliphatic rings. The third-order valence-electron chi connectivity index (χ3n) is 2.78. The molecule has 2 N–H and O–H groups in total. The summed E-state index contributed by atoms with van der Waals surface area (Å²) in [6.07, 6.45) is 0. The quantitative estimate of drug-likeness (QED) is 0.715. The normalized spacial score (nSPS) is 11.2. The lowest BCUT2D eigenvalue weighted by molar-refractivity contribution is -0.130. The summed E-state index contributed by atoms with van der Waals surface area (Å²) in [6, 6.07) is 5.84. The molecular weight excluding hydrogens is 288 g/mol. The summed E-state index contributed by atoms with van der Waals surface area (Å²) in [5.41, 5.74) is 0.231. The molecule has 7 heteroatoms. The second-order valence-corrected chi connectivity index (χ2v) is 4.46. The zero-order valence-electron chi connectivity index (χ0n) is 12.8. The first kappa shape index (κ1) is 17.5. The summed E-state index contributed by atoms with van der Waals surface area (Å²) in [4.78, 5) is 35.0. The number of benzene rings is 1. The van der Waals surface area contributed by atoms with E-state index in [0.29, 0.717) is 12.3 Å². The molecule has 0 bridgehead atoms. The Bertz CT molecular complexity index is 544. The maximum absolute atomic E-state index is 11.9. The zero-order valence-corrected chi connectivity index (χ0v) is 12.8. The van der Waals surface area contributed by atoms with Crippen molar-refractivity contribution in [3.05, 3.63) is 29.8 Å². The molecular formula is C15H20N2O5. The van der Waals surface area contributed by atoms with Crippen LogP contribution in [0, 0.1) is 0 Å². The van der Waals surface area contributed by atoms with Crippen molar-refractivity contribution >= 4 is 17.8 Å². The van der Waals surface area contributed by atoms with E-state index in [4.69, 9.17) is 9.47 Å². The molecule has 0 fully saturated rings. The number of hydrogen-bond donors (Lipinski definition) is 2. The lowest BCUT2D eigenvalue weighted by atomic mass is 10.2. The molecule has 0 radical (unpaired) electrons. The molecule has 0 unspecified atom stereocenters. The summed E-state index contributed by atoms with van der Waals surface area (Å²) < 4.78 is 9.95. The molecule has 1 aromatic carbocycles. The second kappa shape index (κ2) is 8.66. The molecule has 0 aliphatic carbocycles. The number of carbonyl (C=O) groups is 3. The second-order valence-electron chi connectivity index (χ2n) is 4.46. The number of ether oxygens (including phenoxy) is 2. The Morgan fingerprint density at radius 3 is 2.55 bits per heavy atom. The molecule has 22 heavy (non-hydrogen) atoms. The van der Waals surface area contributed by atoms with Crippen LogP contribution < -0.4 is 15.4 Å². The Morgan fingerprint density at radius 2 is 1.91 bits per heavy atom. The number of carbonyl (C=O) groups excluding carboxylic acids is 3. The van der Waals surface area contributed by atoms with Crippen LogP contribution in [0.1, 0.15) is 24.2 Å². The first-order valence-corrected chi connectivity index (χ1v) is 6.86. The van der Waals surface area contributed by atoms with Gasteiger partial charge in [-0.3, -0.25) is 9.59 Å². The van der Waals surface area contributed by atoms with Gasteiger partial charge >= 0.3 is 5.97 Å². The summed E-state index contributed by atoms with van der Waals surface area (Å²) in [6.45, 7) is 3.33. The summed E-state index contributed by atoms with van der Waals surface area (Å²) in [5.74, 6) is -1.16. The fourth-order valence-corrected chi connectivity index (χ4v) is 1.70. The lowest BCUT2D eigenvalue weighted by Crippen LogP contribution is -2.46. The number of esters is 1. The van der Waals surface area contributed by atoms with Gasteiger partial charge in [0.1, 0.15) is 17.4 Å². The monoisotopic (exact) mass is 308 g/mol. The van der Waals surface area contributed by atoms with Crippen LogP contribution in [0.2, 0.25) is 0 Å². The SMILES string of the molecule is CCNC(=O)[C@@H](C)NC(=O)COC(=O)c1ccccc1OC. The molecule has 1 aromatic rings. The van der Waals surface area contributed by atoms with Gasteiger partial charge < -0.3 is 20.1 Å². The van der Waals surface area contributed by atoms with E-state index in [1.807, 2.05) is 0 Å². The number of nitrogens with one attached hydrogen (secondary N) is 2. The van der Waals surface area contributed by atoms with Crippen LogP contribution in [-0.4, -0.2) is 44.1 Å². The van der Waals surface area contributed by atoms with Crippen molar-refractivity contribution < 1.29 is 23.9 Å². The minimum absolute atomic E-state index is 0.231.